The Balaban J connectivity index is 2.44. The summed E-state index contributed by atoms with van der Waals surface area (Å²) < 4.78 is 5.23. The monoisotopic (exact) mass is 344 g/mol. The molecule has 0 saturated carbocycles. The van der Waals surface area contributed by atoms with Crippen molar-refractivity contribution in [1.29, 1.82) is 0 Å². The van der Waals surface area contributed by atoms with Gasteiger partial charge in [-0.1, -0.05) is 51.5 Å². The Labute approximate surface area is 152 Å². The number of esters is 1. The highest BCUT2D eigenvalue weighted by Crippen LogP contribution is 2.25. The zero-order valence-corrected chi connectivity index (χ0v) is 16.2. The van der Waals surface area contributed by atoms with Crippen molar-refractivity contribution in [2.45, 2.75) is 79.1 Å². The third-order valence-electron chi connectivity index (χ3n) is 4.22. The largest absolute Gasteiger partial charge is 0.426 e. The second kappa shape index (κ2) is 11.6. The van der Waals surface area contributed by atoms with Crippen molar-refractivity contribution in [2.24, 2.45) is 0 Å². The minimum absolute atomic E-state index is 0.174. The molecule has 0 saturated heterocycles. The number of hydrogen-bond acceptors (Lipinski definition) is 3. The van der Waals surface area contributed by atoms with Crippen LogP contribution in [0.25, 0.3) is 6.08 Å². The molecule has 0 aliphatic heterocycles. The molecular formula is C22H32O3. The Hall–Kier alpha value is -1.90. The minimum Gasteiger partial charge on any atom is -0.426 e. The van der Waals surface area contributed by atoms with Crippen molar-refractivity contribution in [1.82, 2.24) is 0 Å². The maximum Gasteiger partial charge on any atom is 0.308 e. The molecular weight excluding hydrogens is 312 g/mol. The average molecular weight is 344 g/mol. The predicted octanol–water partition coefficient (Wildman–Crippen LogP) is 5.95. The van der Waals surface area contributed by atoms with E-state index in [4.69, 9.17) is 4.74 Å². The summed E-state index contributed by atoms with van der Waals surface area (Å²) >= 11 is 0. The maximum atomic E-state index is 12.0. The van der Waals surface area contributed by atoms with Crippen molar-refractivity contribution in [3.05, 3.63) is 34.9 Å². The first-order chi connectivity index (χ1) is 11.9. The van der Waals surface area contributed by atoms with Crippen molar-refractivity contribution in [3.8, 4) is 5.75 Å². The number of carbonyl (C=O) groups is 2. The summed E-state index contributed by atoms with van der Waals surface area (Å²) in [4.78, 5) is 23.1. The lowest BCUT2D eigenvalue weighted by Crippen LogP contribution is -2.04. The molecule has 138 valence electrons. The van der Waals surface area contributed by atoms with Gasteiger partial charge in [0, 0.05) is 13.3 Å². The van der Waals surface area contributed by atoms with Crippen LogP contribution in [-0.2, 0) is 9.59 Å². The van der Waals surface area contributed by atoms with E-state index in [1.165, 1.54) is 39.0 Å². The molecule has 0 N–H and O–H groups in total. The number of ether oxygens (including phenoxy) is 1. The summed E-state index contributed by atoms with van der Waals surface area (Å²) in [6.07, 6.45) is 12.6. The van der Waals surface area contributed by atoms with E-state index < -0.39 is 0 Å². The van der Waals surface area contributed by atoms with Gasteiger partial charge in [0.2, 0.25) is 0 Å². The van der Waals surface area contributed by atoms with Crippen LogP contribution in [0.1, 0.15) is 81.9 Å². The molecule has 0 spiro atoms. The van der Waals surface area contributed by atoms with E-state index >= 15 is 0 Å². The van der Waals surface area contributed by atoms with E-state index in [9.17, 15) is 9.59 Å². The van der Waals surface area contributed by atoms with Crippen LogP contribution < -0.4 is 4.74 Å². The lowest BCUT2D eigenvalue weighted by atomic mass is 10.0. The molecule has 1 aromatic carbocycles. The van der Waals surface area contributed by atoms with Crippen LogP contribution in [0.4, 0.5) is 0 Å². The summed E-state index contributed by atoms with van der Waals surface area (Å²) in [7, 11) is 0. The first-order valence-corrected chi connectivity index (χ1v) is 9.44. The Morgan fingerprint density at radius 3 is 2.08 bits per heavy atom. The molecule has 0 heterocycles. The van der Waals surface area contributed by atoms with Crippen LogP contribution >= 0.6 is 0 Å². The van der Waals surface area contributed by atoms with Gasteiger partial charge in [0.1, 0.15) is 5.75 Å². The third-order valence-corrected chi connectivity index (χ3v) is 4.22. The van der Waals surface area contributed by atoms with Gasteiger partial charge in [-0.3, -0.25) is 9.59 Å². The van der Waals surface area contributed by atoms with Crippen LogP contribution in [0.15, 0.2) is 18.2 Å². The molecule has 0 bridgehead atoms. The number of allylic oxidation sites excluding steroid dienone is 1. The molecule has 1 rings (SSSR count). The van der Waals surface area contributed by atoms with Gasteiger partial charge in [0.05, 0.1) is 0 Å². The Bertz CT molecular complexity index is 576. The van der Waals surface area contributed by atoms with Crippen molar-refractivity contribution in [3.63, 3.8) is 0 Å². The van der Waals surface area contributed by atoms with E-state index in [-0.39, 0.29) is 11.8 Å². The number of hydrogen-bond donors (Lipinski definition) is 0. The van der Waals surface area contributed by atoms with Gasteiger partial charge in [-0.05, 0) is 55.2 Å². The standard InChI is InChI=1S/C22H32O3/c1-5-6-7-8-9-10-11-12-21(24)14-13-20-15-17(2)22(18(3)16-20)25-19(4)23/h13-16H,5-12H2,1-4H3/b14-13+. The van der Waals surface area contributed by atoms with Crippen LogP contribution in [0.3, 0.4) is 0 Å². The first-order valence-electron chi connectivity index (χ1n) is 9.44. The second-order valence-electron chi connectivity index (χ2n) is 6.75. The summed E-state index contributed by atoms with van der Waals surface area (Å²) in [6.45, 7) is 7.43. The summed E-state index contributed by atoms with van der Waals surface area (Å²) in [6, 6.07) is 3.87. The maximum absolute atomic E-state index is 12.0. The van der Waals surface area contributed by atoms with E-state index in [1.54, 1.807) is 6.08 Å². The quantitative estimate of drug-likeness (QED) is 0.215. The number of ketones is 1. The zero-order chi connectivity index (χ0) is 18.7. The van der Waals surface area contributed by atoms with Crippen LogP contribution in [-0.4, -0.2) is 11.8 Å². The van der Waals surface area contributed by atoms with E-state index in [0.717, 1.165) is 29.5 Å². The van der Waals surface area contributed by atoms with E-state index in [1.807, 2.05) is 32.1 Å². The highest BCUT2D eigenvalue weighted by Gasteiger charge is 2.08. The Kier molecular flexibility index (Phi) is 9.83. The van der Waals surface area contributed by atoms with Crippen LogP contribution in [0, 0.1) is 13.8 Å². The zero-order valence-electron chi connectivity index (χ0n) is 16.2. The SMILES string of the molecule is CCCCCCCCCC(=O)/C=C/c1cc(C)c(OC(C)=O)c(C)c1. The smallest absolute Gasteiger partial charge is 0.308 e. The lowest BCUT2D eigenvalue weighted by molar-refractivity contribution is -0.132. The highest BCUT2D eigenvalue weighted by atomic mass is 16.5. The molecule has 0 aliphatic rings. The number of unbranched alkanes of at least 4 members (excludes halogenated alkanes) is 6. The summed E-state index contributed by atoms with van der Waals surface area (Å²) in [5.41, 5.74) is 2.75. The molecule has 0 aliphatic carbocycles. The molecule has 25 heavy (non-hydrogen) atoms. The third kappa shape index (κ3) is 8.67. The van der Waals surface area contributed by atoms with Crippen LogP contribution in [0.2, 0.25) is 0 Å². The minimum atomic E-state index is -0.320. The molecule has 3 heteroatoms. The van der Waals surface area contributed by atoms with Gasteiger partial charge in [0.25, 0.3) is 0 Å². The lowest BCUT2D eigenvalue weighted by Gasteiger charge is -2.10. The fraction of sp³-hybridized carbons (Fsp3) is 0.545. The average Bonchev–Trinajstić information content (AvgIpc) is 2.55. The fourth-order valence-electron chi connectivity index (χ4n) is 2.91. The number of rotatable bonds is 11. The second-order valence-corrected chi connectivity index (χ2v) is 6.75. The normalized spacial score (nSPS) is 11.0. The molecule has 0 aromatic heterocycles. The van der Waals surface area contributed by atoms with Gasteiger partial charge in [-0.15, -0.1) is 0 Å². The van der Waals surface area contributed by atoms with Gasteiger partial charge in [0.15, 0.2) is 5.78 Å². The summed E-state index contributed by atoms with van der Waals surface area (Å²) in [5.74, 6) is 0.464. The van der Waals surface area contributed by atoms with Crippen molar-refractivity contribution < 1.29 is 14.3 Å². The Morgan fingerprint density at radius 1 is 0.960 bits per heavy atom. The topological polar surface area (TPSA) is 43.4 Å². The van der Waals surface area contributed by atoms with Crippen molar-refractivity contribution in [2.75, 3.05) is 0 Å². The van der Waals surface area contributed by atoms with E-state index in [0.29, 0.717) is 12.2 Å². The number of benzene rings is 1. The van der Waals surface area contributed by atoms with Gasteiger partial charge >= 0.3 is 5.97 Å². The molecule has 3 nitrogen and oxygen atoms in total. The number of aryl methyl sites for hydroxylation is 2. The molecule has 0 fully saturated rings. The summed E-state index contributed by atoms with van der Waals surface area (Å²) in [5, 5.41) is 0. The number of carbonyl (C=O) groups excluding carboxylic acids is 2. The fourth-order valence-corrected chi connectivity index (χ4v) is 2.91. The highest BCUT2D eigenvalue weighted by molar-refractivity contribution is 5.93. The van der Waals surface area contributed by atoms with Crippen molar-refractivity contribution >= 4 is 17.8 Å². The van der Waals surface area contributed by atoms with Gasteiger partial charge < -0.3 is 4.74 Å². The first kappa shape index (κ1) is 21.1. The van der Waals surface area contributed by atoms with E-state index in [2.05, 4.69) is 6.92 Å². The Morgan fingerprint density at radius 2 is 1.52 bits per heavy atom. The molecule has 0 radical (unpaired) electrons. The molecule has 0 atom stereocenters. The predicted molar refractivity (Wildman–Crippen MR) is 104 cm³/mol. The molecule has 1 aromatic rings. The molecule has 0 unspecified atom stereocenters. The van der Waals surface area contributed by atoms with Gasteiger partial charge in [-0.25, -0.2) is 0 Å². The van der Waals surface area contributed by atoms with Gasteiger partial charge in [-0.2, -0.15) is 0 Å². The molecule has 0 amide bonds. The van der Waals surface area contributed by atoms with Crippen LogP contribution in [0.5, 0.6) is 5.75 Å².